The van der Waals surface area contributed by atoms with Crippen molar-refractivity contribution in [3.63, 3.8) is 0 Å². The molecule has 0 aliphatic carbocycles. The molecule has 0 heterocycles. The van der Waals surface area contributed by atoms with E-state index in [2.05, 4.69) is 5.32 Å². The van der Waals surface area contributed by atoms with E-state index < -0.39 is 5.34 Å². The highest BCUT2D eigenvalue weighted by atomic mass is 19.1. The molecule has 2 rings (SSSR count). The third-order valence-electron chi connectivity index (χ3n) is 3.12. The first-order valence-corrected chi connectivity index (χ1v) is 6.71. The summed E-state index contributed by atoms with van der Waals surface area (Å²) < 4.78 is 13.4. The number of aromatic hydroxyl groups is 1. The molecule has 0 saturated heterocycles. The second-order valence-corrected chi connectivity index (χ2v) is 5.25. The van der Waals surface area contributed by atoms with Gasteiger partial charge < -0.3 is 10.4 Å². The Morgan fingerprint density at radius 1 is 1.27 bits per heavy atom. The summed E-state index contributed by atoms with van der Waals surface area (Å²) in [6, 6.07) is 10.6. The summed E-state index contributed by atoms with van der Waals surface area (Å²) >= 11 is 0. The minimum Gasteiger partial charge on any atom is -0.508 e. The normalized spacial score (nSPS) is 11.2. The van der Waals surface area contributed by atoms with E-state index in [1.54, 1.807) is 18.2 Å². The topological polar surface area (TPSA) is 49.3 Å². The average Bonchev–Trinajstić information content (AvgIpc) is 2.39. The quantitative estimate of drug-likeness (QED) is 0.845. The number of amides is 1. The second-order valence-electron chi connectivity index (χ2n) is 5.25. The van der Waals surface area contributed by atoms with Gasteiger partial charge in [-0.05, 0) is 52.7 Å². The Morgan fingerprint density at radius 3 is 2.64 bits per heavy atom. The van der Waals surface area contributed by atoms with E-state index in [4.69, 9.17) is 15.7 Å². The van der Waals surface area contributed by atoms with Crippen molar-refractivity contribution < 1.29 is 14.3 Å². The summed E-state index contributed by atoms with van der Waals surface area (Å²) in [4.78, 5) is 11.1. The van der Waals surface area contributed by atoms with Crippen LogP contribution in [0.1, 0.15) is 12.5 Å². The summed E-state index contributed by atoms with van der Waals surface area (Å²) in [5.41, 5.74) is 1.87. The van der Waals surface area contributed by atoms with Gasteiger partial charge in [0, 0.05) is 6.92 Å². The molecule has 108 valence electrons. The molecular formula is C16H14B2FNO2. The van der Waals surface area contributed by atoms with E-state index in [0.717, 1.165) is 0 Å². The van der Waals surface area contributed by atoms with Crippen molar-refractivity contribution in [1.82, 2.24) is 5.32 Å². The van der Waals surface area contributed by atoms with Gasteiger partial charge in [-0.1, -0.05) is 18.2 Å². The molecule has 4 radical (unpaired) electrons. The van der Waals surface area contributed by atoms with Gasteiger partial charge in [0.15, 0.2) is 0 Å². The van der Waals surface area contributed by atoms with Gasteiger partial charge in [-0.15, -0.1) is 0 Å². The molecule has 0 bridgehead atoms. The first-order valence-electron chi connectivity index (χ1n) is 6.71. The molecular weight excluding hydrogens is 279 g/mol. The van der Waals surface area contributed by atoms with Crippen molar-refractivity contribution >= 4 is 21.6 Å². The van der Waals surface area contributed by atoms with Crippen LogP contribution in [0.4, 0.5) is 4.39 Å². The van der Waals surface area contributed by atoms with E-state index in [1.807, 2.05) is 0 Å². The highest BCUT2D eigenvalue weighted by Crippen LogP contribution is 2.29. The Balaban J connectivity index is 2.42. The van der Waals surface area contributed by atoms with Crippen molar-refractivity contribution in [2.75, 3.05) is 0 Å². The SMILES string of the molecule is [B]C([B])(Cc1ccc(O)cc1-c1cccc(F)c1)NC(C)=O. The van der Waals surface area contributed by atoms with Crippen LogP contribution in [-0.4, -0.2) is 32.0 Å². The molecule has 0 aliphatic rings. The third-order valence-corrected chi connectivity index (χ3v) is 3.12. The van der Waals surface area contributed by atoms with Crippen LogP contribution in [0.5, 0.6) is 5.75 Å². The molecule has 0 saturated carbocycles. The third kappa shape index (κ3) is 4.13. The van der Waals surface area contributed by atoms with Gasteiger partial charge in [-0.2, -0.15) is 0 Å². The van der Waals surface area contributed by atoms with Gasteiger partial charge in [-0.3, -0.25) is 4.79 Å². The monoisotopic (exact) mass is 293 g/mol. The molecule has 2 N–H and O–H groups in total. The second kappa shape index (κ2) is 6.26. The first-order chi connectivity index (χ1) is 10.3. The number of benzene rings is 2. The molecule has 6 heteroatoms. The zero-order chi connectivity index (χ0) is 16.3. The zero-order valence-corrected chi connectivity index (χ0v) is 12.1. The Kier molecular flexibility index (Phi) is 4.59. The van der Waals surface area contributed by atoms with Gasteiger partial charge in [0.1, 0.15) is 11.6 Å². The largest absolute Gasteiger partial charge is 0.508 e. The first kappa shape index (κ1) is 16.1. The smallest absolute Gasteiger partial charge is 0.215 e. The highest BCUT2D eigenvalue weighted by Gasteiger charge is 2.20. The fourth-order valence-electron chi connectivity index (χ4n) is 2.33. The lowest BCUT2D eigenvalue weighted by atomic mass is 9.58. The average molecular weight is 293 g/mol. The lowest BCUT2D eigenvalue weighted by Crippen LogP contribution is -2.50. The van der Waals surface area contributed by atoms with Gasteiger partial charge >= 0.3 is 0 Å². The summed E-state index contributed by atoms with van der Waals surface area (Å²) in [6.07, 6.45) is 0.124. The predicted molar refractivity (Wildman–Crippen MR) is 85.3 cm³/mol. The number of rotatable bonds is 4. The van der Waals surface area contributed by atoms with Crippen LogP contribution in [0, 0.1) is 5.82 Å². The molecule has 22 heavy (non-hydrogen) atoms. The minimum absolute atomic E-state index is 0.0437. The lowest BCUT2D eigenvalue weighted by Gasteiger charge is -2.28. The fourth-order valence-corrected chi connectivity index (χ4v) is 2.33. The zero-order valence-electron chi connectivity index (χ0n) is 12.1. The molecule has 3 nitrogen and oxygen atoms in total. The van der Waals surface area contributed by atoms with E-state index >= 15 is 0 Å². The van der Waals surface area contributed by atoms with Crippen LogP contribution >= 0.6 is 0 Å². The summed E-state index contributed by atoms with van der Waals surface area (Å²) in [6.45, 7) is 1.32. The number of carbonyl (C=O) groups is 1. The van der Waals surface area contributed by atoms with Gasteiger partial charge in [0.05, 0.1) is 15.7 Å². The van der Waals surface area contributed by atoms with Crippen molar-refractivity contribution in [2.24, 2.45) is 0 Å². The van der Waals surface area contributed by atoms with Crippen LogP contribution in [0.2, 0.25) is 0 Å². The van der Waals surface area contributed by atoms with Crippen LogP contribution in [0.3, 0.4) is 0 Å². The molecule has 0 aliphatic heterocycles. The Labute approximate surface area is 131 Å². The predicted octanol–water partition coefficient (Wildman–Crippen LogP) is 1.87. The number of phenolic OH excluding ortho intramolecular Hbond substituents is 1. The molecule has 0 aromatic heterocycles. The molecule has 0 unspecified atom stereocenters. The number of phenols is 1. The number of halogens is 1. The Morgan fingerprint density at radius 2 is 2.00 bits per heavy atom. The van der Waals surface area contributed by atoms with Gasteiger partial charge in [0.25, 0.3) is 0 Å². The number of carbonyl (C=O) groups excluding carboxylic acids is 1. The van der Waals surface area contributed by atoms with E-state index in [1.165, 1.54) is 31.2 Å². The van der Waals surface area contributed by atoms with Crippen molar-refractivity contribution in [2.45, 2.75) is 18.7 Å². The molecule has 0 fully saturated rings. The molecule has 0 atom stereocenters. The molecule has 0 spiro atoms. The van der Waals surface area contributed by atoms with Crippen LogP contribution in [0.25, 0.3) is 11.1 Å². The summed E-state index contributed by atoms with van der Waals surface area (Å²) in [5.74, 6) is -0.696. The summed E-state index contributed by atoms with van der Waals surface area (Å²) in [7, 11) is 11.7. The number of hydrogen-bond acceptors (Lipinski definition) is 2. The van der Waals surface area contributed by atoms with Crippen LogP contribution < -0.4 is 5.32 Å². The van der Waals surface area contributed by atoms with Crippen molar-refractivity contribution in [3.05, 3.63) is 53.8 Å². The van der Waals surface area contributed by atoms with Gasteiger partial charge in [0.2, 0.25) is 5.91 Å². The van der Waals surface area contributed by atoms with E-state index in [0.29, 0.717) is 16.7 Å². The number of nitrogens with one attached hydrogen (secondary N) is 1. The molecule has 2 aromatic carbocycles. The standard InChI is InChI=1S/C16H14B2FNO2/c1-10(21)20-16(17,18)9-12-5-6-14(22)8-15(12)11-3-2-4-13(19)7-11/h2-8,22H,9H2,1H3,(H,20,21). The van der Waals surface area contributed by atoms with E-state index in [9.17, 15) is 14.3 Å². The van der Waals surface area contributed by atoms with Gasteiger partial charge in [-0.25, -0.2) is 4.39 Å². The maximum atomic E-state index is 13.4. The van der Waals surface area contributed by atoms with Crippen LogP contribution in [-0.2, 0) is 11.2 Å². The van der Waals surface area contributed by atoms with E-state index in [-0.39, 0.29) is 23.9 Å². The van der Waals surface area contributed by atoms with Crippen molar-refractivity contribution in [3.8, 4) is 16.9 Å². The van der Waals surface area contributed by atoms with Crippen LogP contribution in [0.15, 0.2) is 42.5 Å². The Bertz CT molecular complexity index is 704. The maximum absolute atomic E-state index is 13.4. The van der Waals surface area contributed by atoms with Crippen molar-refractivity contribution in [1.29, 1.82) is 0 Å². The lowest BCUT2D eigenvalue weighted by molar-refractivity contribution is -0.119. The maximum Gasteiger partial charge on any atom is 0.215 e. The number of hydrogen-bond donors (Lipinski definition) is 2. The molecule has 2 aromatic rings. The summed E-state index contributed by atoms with van der Waals surface area (Å²) in [5, 5.41) is 10.7. The highest BCUT2D eigenvalue weighted by molar-refractivity contribution is 6.41. The minimum atomic E-state index is -1.44. The molecule has 1 amide bonds. The Hall–Kier alpha value is -2.23. The fraction of sp³-hybridized carbons (Fsp3) is 0.188.